The van der Waals surface area contributed by atoms with Gasteiger partial charge < -0.3 is 10.1 Å². The fourth-order valence-corrected chi connectivity index (χ4v) is 2.28. The van der Waals surface area contributed by atoms with Crippen LogP contribution >= 0.6 is 0 Å². The van der Waals surface area contributed by atoms with E-state index < -0.39 is 0 Å². The Balaban J connectivity index is 1.77. The van der Waals surface area contributed by atoms with Gasteiger partial charge in [-0.1, -0.05) is 12.1 Å². The van der Waals surface area contributed by atoms with Gasteiger partial charge in [0, 0.05) is 24.1 Å². The van der Waals surface area contributed by atoms with Crippen LogP contribution in [0.2, 0.25) is 0 Å². The second-order valence-electron chi connectivity index (χ2n) is 5.42. The maximum atomic E-state index is 12.1. The summed E-state index contributed by atoms with van der Waals surface area (Å²) in [6.45, 7) is 1.98. The molecule has 2 aromatic rings. The second-order valence-corrected chi connectivity index (χ2v) is 5.42. The zero-order valence-electron chi connectivity index (χ0n) is 13.5. The highest BCUT2D eigenvalue weighted by Gasteiger charge is 2.08. The molecular weight excluding hydrogens is 290 g/mol. The molecule has 0 radical (unpaired) electrons. The fourth-order valence-electron chi connectivity index (χ4n) is 2.28. The van der Waals surface area contributed by atoms with Gasteiger partial charge in [-0.3, -0.25) is 9.59 Å². The number of carbonyl (C=O) groups is 2. The van der Waals surface area contributed by atoms with E-state index in [1.807, 2.05) is 31.2 Å². The molecule has 0 saturated carbocycles. The van der Waals surface area contributed by atoms with Gasteiger partial charge in [0.1, 0.15) is 5.75 Å². The molecule has 0 aliphatic carbocycles. The van der Waals surface area contributed by atoms with E-state index in [0.717, 1.165) is 17.0 Å². The fraction of sp³-hybridized carbons (Fsp3) is 0.263. The summed E-state index contributed by atoms with van der Waals surface area (Å²) in [6, 6.07) is 14.7. The third kappa shape index (κ3) is 5.25. The number of ether oxygens (including phenoxy) is 1. The van der Waals surface area contributed by atoms with Gasteiger partial charge >= 0.3 is 0 Å². The van der Waals surface area contributed by atoms with Gasteiger partial charge in [0.05, 0.1) is 7.11 Å². The normalized spacial score (nSPS) is 10.2. The average molecular weight is 311 g/mol. The minimum atomic E-state index is -0.0712. The van der Waals surface area contributed by atoms with Gasteiger partial charge in [-0.05, 0) is 55.3 Å². The van der Waals surface area contributed by atoms with Crippen LogP contribution < -0.4 is 10.1 Å². The minimum Gasteiger partial charge on any atom is -0.497 e. The van der Waals surface area contributed by atoms with Crippen molar-refractivity contribution in [2.75, 3.05) is 12.4 Å². The molecule has 1 amide bonds. The summed E-state index contributed by atoms with van der Waals surface area (Å²) in [4.78, 5) is 23.9. The van der Waals surface area contributed by atoms with Crippen molar-refractivity contribution < 1.29 is 14.3 Å². The molecule has 23 heavy (non-hydrogen) atoms. The Morgan fingerprint density at radius 1 is 1.04 bits per heavy atom. The molecule has 0 aromatic heterocycles. The molecule has 0 spiro atoms. The van der Waals surface area contributed by atoms with Crippen LogP contribution in [0, 0.1) is 6.92 Å². The number of carbonyl (C=O) groups excluding carboxylic acids is 2. The van der Waals surface area contributed by atoms with Crippen LogP contribution in [0.4, 0.5) is 5.69 Å². The standard InChI is InChI=1S/C19H21NO3/c1-14-5-3-6-16(13-14)20-19(22)8-4-7-18(21)15-9-11-17(23-2)12-10-15/h3,5-6,9-13H,4,7-8H2,1-2H3,(H,20,22). The van der Waals surface area contributed by atoms with Crippen LogP contribution in [0.1, 0.15) is 35.2 Å². The minimum absolute atomic E-state index is 0.0380. The maximum Gasteiger partial charge on any atom is 0.224 e. The van der Waals surface area contributed by atoms with Gasteiger partial charge in [-0.2, -0.15) is 0 Å². The lowest BCUT2D eigenvalue weighted by Crippen LogP contribution is -2.12. The molecule has 2 aromatic carbocycles. The number of nitrogens with one attached hydrogen (secondary N) is 1. The number of rotatable bonds is 7. The van der Waals surface area contributed by atoms with Gasteiger partial charge in [-0.15, -0.1) is 0 Å². The van der Waals surface area contributed by atoms with Crippen molar-refractivity contribution in [3.05, 3.63) is 59.7 Å². The van der Waals surface area contributed by atoms with Crippen LogP contribution in [-0.4, -0.2) is 18.8 Å². The number of ketones is 1. The Morgan fingerprint density at radius 2 is 1.78 bits per heavy atom. The van der Waals surface area contributed by atoms with E-state index in [2.05, 4.69) is 5.32 Å². The van der Waals surface area contributed by atoms with E-state index in [-0.39, 0.29) is 11.7 Å². The summed E-state index contributed by atoms with van der Waals surface area (Å²) >= 11 is 0. The van der Waals surface area contributed by atoms with Crippen molar-refractivity contribution in [1.29, 1.82) is 0 Å². The second kappa shape index (κ2) is 8.13. The van der Waals surface area contributed by atoms with E-state index in [4.69, 9.17) is 4.74 Å². The molecule has 120 valence electrons. The maximum absolute atomic E-state index is 12.1. The topological polar surface area (TPSA) is 55.4 Å². The first-order valence-corrected chi connectivity index (χ1v) is 7.62. The predicted molar refractivity (Wildman–Crippen MR) is 91.0 cm³/mol. The number of anilines is 1. The van der Waals surface area contributed by atoms with Crippen LogP contribution in [0.3, 0.4) is 0 Å². The lowest BCUT2D eigenvalue weighted by Gasteiger charge is -2.06. The first kappa shape index (κ1) is 16.7. The largest absolute Gasteiger partial charge is 0.497 e. The number of hydrogen-bond donors (Lipinski definition) is 1. The van der Waals surface area contributed by atoms with E-state index in [9.17, 15) is 9.59 Å². The summed E-state index contributed by atoms with van der Waals surface area (Å²) in [5.41, 5.74) is 2.53. The highest BCUT2D eigenvalue weighted by Crippen LogP contribution is 2.14. The number of hydrogen-bond acceptors (Lipinski definition) is 3. The Kier molecular flexibility index (Phi) is 5.92. The molecule has 0 unspecified atom stereocenters. The van der Waals surface area contributed by atoms with Gasteiger partial charge in [0.25, 0.3) is 0 Å². The molecule has 0 fully saturated rings. The lowest BCUT2D eigenvalue weighted by atomic mass is 10.1. The third-order valence-corrected chi connectivity index (χ3v) is 3.52. The molecule has 4 nitrogen and oxygen atoms in total. The molecule has 0 aliphatic rings. The van der Waals surface area contributed by atoms with Crippen molar-refractivity contribution in [2.45, 2.75) is 26.2 Å². The van der Waals surface area contributed by atoms with E-state index in [1.54, 1.807) is 31.4 Å². The van der Waals surface area contributed by atoms with E-state index in [0.29, 0.717) is 24.8 Å². The van der Waals surface area contributed by atoms with Crippen molar-refractivity contribution in [3.63, 3.8) is 0 Å². The molecule has 1 N–H and O–H groups in total. The molecular formula is C19H21NO3. The monoisotopic (exact) mass is 311 g/mol. The highest BCUT2D eigenvalue weighted by atomic mass is 16.5. The average Bonchev–Trinajstić information content (AvgIpc) is 2.55. The summed E-state index contributed by atoms with van der Waals surface area (Å²) in [7, 11) is 1.59. The van der Waals surface area contributed by atoms with Crippen LogP contribution in [0.5, 0.6) is 5.75 Å². The van der Waals surface area contributed by atoms with Crippen molar-refractivity contribution in [3.8, 4) is 5.75 Å². The third-order valence-electron chi connectivity index (χ3n) is 3.52. The summed E-state index contributed by atoms with van der Waals surface area (Å²) in [6.07, 6.45) is 1.21. The molecule has 4 heteroatoms. The Labute approximate surface area is 136 Å². The molecule has 0 saturated heterocycles. The van der Waals surface area contributed by atoms with E-state index >= 15 is 0 Å². The number of aryl methyl sites for hydroxylation is 1. The van der Waals surface area contributed by atoms with Crippen LogP contribution in [0.25, 0.3) is 0 Å². The van der Waals surface area contributed by atoms with Crippen molar-refractivity contribution >= 4 is 17.4 Å². The van der Waals surface area contributed by atoms with E-state index in [1.165, 1.54) is 0 Å². The molecule has 0 atom stereocenters. The van der Waals surface area contributed by atoms with Crippen LogP contribution in [0.15, 0.2) is 48.5 Å². The van der Waals surface area contributed by atoms with Gasteiger partial charge in [0.15, 0.2) is 5.78 Å². The molecule has 0 aliphatic heterocycles. The number of benzene rings is 2. The SMILES string of the molecule is COc1ccc(C(=O)CCCC(=O)Nc2cccc(C)c2)cc1. The van der Waals surface area contributed by atoms with Gasteiger partial charge in [0.2, 0.25) is 5.91 Å². The summed E-state index contributed by atoms with van der Waals surface area (Å²) in [5.74, 6) is 0.688. The Morgan fingerprint density at radius 3 is 2.43 bits per heavy atom. The summed E-state index contributed by atoms with van der Waals surface area (Å²) < 4.78 is 5.06. The number of Topliss-reactive ketones (excluding diaryl/α,β-unsaturated/α-hetero) is 1. The first-order valence-electron chi connectivity index (χ1n) is 7.62. The number of methoxy groups -OCH3 is 1. The van der Waals surface area contributed by atoms with Crippen molar-refractivity contribution in [1.82, 2.24) is 0 Å². The zero-order valence-corrected chi connectivity index (χ0v) is 13.5. The summed E-state index contributed by atoms with van der Waals surface area (Å²) in [5, 5.41) is 2.84. The molecule has 2 rings (SSSR count). The quantitative estimate of drug-likeness (QED) is 0.786. The molecule has 0 bridgehead atoms. The molecule has 0 heterocycles. The van der Waals surface area contributed by atoms with Crippen molar-refractivity contribution in [2.24, 2.45) is 0 Å². The number of amides is 1. The first-order chi connectivity index (χ1) is 11.1. The van der Waals surface area contributed by atoms with Crippen LogP contribution in [-0.2, 0) is 4.79 Å². The highest BCUT2D eigenvalue weighted by molar-refractivity contribution is 5.96. The van der Waals surface area contributed by atoms with Gasteiger partial charge in [-0.25, -0.2) is 0 Å². The lowest BCUT2D eigenvalue weighted by molar-refractivity contribution is -0.116. The zero-order chi connectivity index (χ0) is 16.7. The smallest absolute Gasteiger partial charge is 0.224 e. The Bertz CT molecular complexity index is 677. The Hall–Kier alpha value is -2.62. The predicted octanol–water partition coefficient (Wildman–Crippen LogP) is 4.00.